The lowest BCUT2D eigenvalue weighted by Gasteiger charge is -2.29. The van der Waals surface area contributed by atoms with Crippen LogP contribution in [0.15, 0.2) is 18.2 Å². The summed E-state index contributed by atoms with van der Waals surface area (Å²) in [5.41, 5.74) is 6.39. The van der Waals surface area contributed by atoms with Crippen LogP contribution >= 0.6 is 0 Å². The highest BCUT2D eigenvalue weighted by molar-refractivity contribution is 5.83. The maximum atomic E-state index is 13.2. The molecular formula is C13H19FN2O. The van der Waals surface area contributed by atoms with Crippen molar-refractivity contribution >= 4 is 11.6 Å². The van der Waals surface area contributed by atoms with Gasteiger partial charge < -0.3 is 11.1 Å². The van der Waals surface area contributed by atoms with E-state index in [-0.39, 0.29) is 11.2 Å². The van der Waals surface area contributed by atoms with E-state index < -0.39 is 11.9 Å². The van der Waals surface area contributed by atoms with Gasteiger partial charge in [-0.25, -0.2) is 4.39 Å². The van der Waals surface area contributed by atoms with Gasteiger partial charge in [0.25, 0.3) is 0 Å². The Labute approximate surface area is 101 Å². The van der Waals surface area contributed by atoms with Crippen LogP contribution in [0.5, 0.6) is 0 Å². The van der Waals surface area contributed by atoms with Gasteiger partial charge >= 0.3 is 0 Å². The number of anilines is 1. The molecule has 0 radical (unpaired) electrons. The highest BCUT2D eigenvalue weighted by Crippen LogP contribution is 2.24. The fraction of sp³-hybridized carbons (Fsp3) is 0.462. The number of hydrogen-bond acceptors (Lipinski definition) is 2. The Balaban J connectivity index is 2.98. The van der Waals surface area contributed by atoms with Crippen LogP contribution in [-0.4, -0.2) is 11.9 Å². The van der Waals surface area contributed by atoms with Gasteiger partial charge in [0, 0.05) is 5.69 Å². The van der Waals surface area contributed by atoms with Gasteiger partial charge in [-0.1, -0.05) is 20.8 Å². The van der Waals surface area contributed by atoms with Crippen molar-refractivity contribution in [2.75, 3.05) is 5.32 Å². The maximum absolute atomic E-state index is 13.2. The second kappa shape index (κ2) is 4.73. The summed E-state index contributed by atoms with van der Waals surface area (Å²) in [6.07, 6.45) is 0. The first kappa shape index (κ1) is 13.5. The van der Waals surface area contributed by atoms with E-state index in [4.69, 9.17) is 5.73 Å². The number of primary amides is 1. The molecule has 4 heteroatoms. The van der Waals surface area contributed by atoms with Crippen LogP contribution in [0.2, 0.25) is 0 Å². The number of halogens is 1. The van der Waals surface area contributed by atoms with Crippen molar-refractivity contribution < 1.29 is 9.18 Å². The van der Waals surface area contributed by atoms with Crippen LogP contribution in [0.1, 0.15) is 26.3 Å². The van der Waals surface area contributed by atoms with Gasteiger partial charge in [-0.15, -0.1) is 0 Å². The minimum Gasteiger partial charge on any atom is -0.373 e. The molecule has 0 saturated heterocycles. The van der Waals surface area contributed by atoms with Crippen LogP contribution in [0.3, 0.4) is 0 Å². The lowest BCUT2D eigenvalue weighted by molar-refractivity contribution is -0.120. The molecule has 17 heavy (non-hydrogen) atoms. The average molecular weight is 238 g/mol. The molecule has 3 N–H and O–H groups in total. The molecule has 3 nitrogen and oxygen atoms in total. The molecule has 0 aromatic heterocycles. The molecule has 1 unspecified atom stereocenters. The molecule has 0 bridgehead atoms. The van der Waals surface area contributed by atoms with Crippen LogP contribution < -0.4 is 11.1 Å². The van der Waals surface area contributed by atoms with Gasteiger partial charge in [-0.05, 0) is 36.1 Å². The van der Waals surface area contributed by atoms with Crippen LogP contribution in [0.4, 0.5) is 10.1 Å². The summed E-state index contributed by atoms with van der Waals surface area (Å²) in [7, 11) is 0. The normalized spacial score (nSPS) is 13.2. The number of benzene rings is 1. The lowest BCUT2D eigenvalue weighted by atomic mass is 9.86. The number of hydrogen-bond donors (Lipinski definition) is 2. The fourth-order valence-electron chi connectivity index (χ4n) is 1.70. The first-order chi connectivity index (χ1) is 7.70. The zero-order valence-corrected chi connectivity index (χ0v) is 10.7. The molecule has 1 amide bonds. The highest BCUT2D eigenvalue weighted by Gasteiger charge is 2.29. The van der Waals surface area contributed by atoms with Crippen molar-refractivity contribution in [1.29, 1.82) is 0 Å². The van der Waals surface area contributed by atoms with Crippen LogP contribution in [0, 0.1) is 18.2 Å². The minimum absolute atomic E-state index is 0.327. The van der Waals surface area contributed by atoms with Crippen molar-refractivity contribution in [2.24, 2.45) is 11.1 Å². The Morgan fingerprint density at radius 2 is 1.94 bits per heavy atom. The Bertz CT molecular complexity index is 404. The molecule has 0 fully saturated rings. The standard InChI is InChI=1S/C13H19FN2O/c1-8-5-9(14)7-10(6-8)16-11(12(15)17)13(2,3)4/h5-7,11,16H,1-4H3,(H2,15,17). The van der Waals surface area contributed by atoms with Gasteiger partial charge in [-0.2, -0.15) is 0 Å². The second-order valence-corrected chi connectivity index (χ2v) is 5.36. The van der Waals surface area contributed by atoms with Gasteiger partial charge in [0.05, 0.1) is 0 Å². The average Bonchev–Trinajstić information content (AvgIpc) is 2.10. The van der Waals surface area contributed by atoms with E-state index in [9.17, 15) is 9.18 Å². The predicted octanol–water partition coefficient (Wildman–Crippen LogP) is 2.45. The second-order valence-electron chi connectivity index (χ2n) is 5.36. The van der Waals surface area contributed by atoms with E-state index in [1.165, 1.54) is 12.1 Å². The van der Waals surface area contributed by atoms with E-state index >= 15 is 0 Å². The molecule has 0 aliphatic heterocycles. The molecule has 0 spiro atoms. The third kappa shape index (κ3) is 3.73. The molecule has 0 aliphatic rings. The largest absolute Gasteiger partial charge is 0.373 e. The molecular weight excluding hydrogens is 219 g/mol. The Morgan fingerprint density at radius 1 is 1.35 bits per heavy atom. The number of carbonyl (C=O) groups excluding carboxylic acids is 1. The first-order valence-electron chi connectivity index (χ1n) is 5.53. The van der Waals surface area contributed by atoms with Gasteiger partial charge in [0.15, 0.2) is 0 Å². The molecule has 1 atom stereocenters. The van der Waals surface area contributed by atoms with E-state index in [2.05, 4.69) is 5.32 Å². The Morgan fingerprint density at radius 3 is 2.35 bits per heavy atom. The molecule has 0 heterocycles. The summed E-state index contributed by atoms with van der Waals surface area (Å²) in [5.74, 6) is -0.774. The molecule has 1 rings (SSSR count). The van der Waals surface area contributed by atoms with E-state index in [0.29, 0.717) is 5.69 Å². The number of nitrogens with two attached hydrogens (primary N) is 1. The Hall–Kier alpha value is -1.58. The number of rotatable bonds is 3. The number of carbonyl (C=O) groups is 1. The van der Waals surface area contributed by atoms with Crippen molar-refractivity contribution in [2.45, 2.75) is 33.7 Å². The Kier molecular flexibility index (Phi) is 3.76. The van der Waals surface area contributed by atoms with Gasteiger partial charge in [-0.3, -0.25) is 4.79 Å². The summed E-state index contributed by atoms with van der Waals surface area (Å²) < 4.78 is 13.2. The highest BCUT2D eigenvalue weighted by atomic mass is 19.1. The van der Waals surface area contributed by atoms with E-state index in [1.54, 1.807) is 13.0 Å². The fourth-order valence-corrected chi connectivity index (χ4v) is 1.70. The van der Waals surface area contributed by atoms with Crippen LogP contribution in [-0.2, 0) is 4.79 Å². The van der Waals surface area contributed by atoms with Crippen molar-refractivity contribution in [3.05, 3.63) is 29.6 Å². The smallest absolute Gasteiger partial charge is 0.240 e. The van der Waals surface area contributed by atoms with Gasteiger partial charge in [0.2, 0.25) is 5.91 Å². The molecule has 94 valence electrons. The van der Waals surface area contributed by atoms with Crippen molar-refractivity contribution in [3.8, 4) is 0 Å². The van der Waals surface area contributed by atoms with E-state index in [1.807, 2.05) is 20.8 Å². The monoisotopic (exact) mass is 238 g/mol. The zero-order chi connectivity index (χ0) is 13.2. The van der Waals surface area contributed by atoms with Crippen LogP contribution in [0.25, 0.3) is 0 Å². The summed E-state index contributed by atoms with van der Waals surface area (Å²) in [6.45, 7) is 7.51. The number of amides is 1. The molecule has 0 aliphatic carbocycles. The summed E-state index contributed by atoms with van der Waals surface area (Å²) in [4.78, 5) is 11.4. The molecule has 0 saturated carbocycles. The SMILES string of the molecule is Cc1cc(F)cc(NC(C(N)=O)C(C)(C)C)c1. The summed E-state index contributed by atoms with van der Waals surface area (Å²) in [6, 6.07) is 4.03. The summed E-state index contributed by atoms with van der Waals surface area (Å²) in [5, 5.41) is 2.99. The topological polar surface area (TPSA) is 55.1 Å². The van der Waals surface area contributed by atoms with E-state index in [0.717, 1.165) is 5.56 Å². The number of nitrogens with one attached hydrogen (secondary N) is 1. The maximum Gasteiger partial charge on any atom is 0.240 e. The van der Waals surface area contributed by atoms with Crippen molar-refractivity contribution in [1.82, 2.24) is 0 Å². The first-order valence-corrected chi connectivity index (χ1v) is 5.53. The number of aryl methyl sites for hydroxylation is 1. The quantitative estimate of drug-likeness (QED) is 0.849. The molecule has 1 aromatic carbocycles. The van der Waals surface area contributed by atoms with Gasteiger partial charge in [0.1, 0.15) is 11.9 Å². The third-order valence-corrected chi connectivity index (χ3v) is 2.50. The summed E-state index contributed by atoms with van der Waals surface area (Å²) >= 11 is 0. The predicted molar refractivity (Wildman–Crippen MR) is 67.2 cm³/mol. The molecule has 1 aromatic rings. The minimum atomic E-state index is -0.538. The zero-order valence-electron chi connectivity index (χ0n) is 10.7. The third-order valence-electron chi connectivity index (χ3n) is 2.50. The van der Waals surface area contributed by atoms with Crippen molar-refractivity contribution in [3.63, 3.8) is 0 Å². The lowest BCUT2D eigenvalue weighted by Crippen LogP contribution is -2.45.